The Balaban J connectivity index is 0.000000255. The number of unbranched alkanes of at least 4 members (excludes halogenated alkanes) is 2. The summed E-state index contributed by atoms with van der Waals surface area (Å²) in [6, 6.07) is 58.7. The number of rotatable bonds is 18. The van der Waals surface area contributed by atoms with Crippen LogP contribution < -0.4 is 5.73 Å². The number of piperazine rings is 2. The van der Waals surface area contributed by atoms with Gasteiger partial charge in [0.15, 0.2) is 0 Å². The van der Waals surface area contributed by atoms with Crippen molar-refractivity contribution < 1.29 is 58.5 Å². The first-order valence-electron chi connectivity index (χ1n) is 46.5. The summed E-state index contributed by atoms with van der Waals surface area (Å²) in [5.41, 5.74) is 9.55. The molecule has 7 aliphatic rings. The van der Waals surface area contributed by atoms with Gasteiger partial charge in [0.25, 0.3) is 0 Å². The number of primary amides is 1. The third-order valence-electron chi connectivity index (χ3n) is 23.6. The highest BCUT2D eigenvalue weighted by Crippen LogP contribution is 2.35. The van der Waals surface area contributed by atoms with E-state index in [0.717, 1.165) is 151 Å². The summed E-state index contributed by atoms with van der Waals surface area (Å²) in [6.07, 6.45) is 17.1. The predicted molar refractivity (Wildman–Crippen MR) is 505 cm³/mol. The minimum absolute atomic E-state index is 0.0351. The number of amides is 9. The Bertz CT molecular complexity index is 3990. The number of carbonyl (C=O) groups is 9. The Morgan fingerprint density at radius 1 is 0.349 bits per heavy atom. The third kappa shape index (κ3) is 41.0. The molecule has 0 bridgehead atoms. The average molecular weight is 1740 g/mol. The van der Waals surface area contributed by atoms with Gasteiger partial charge in [0.05, 0.1) is 43.0 Å². The molecule has 7 aliphatic heterocycles. The SMILES string of the molecule is CC(C)C(=O)N(C)C.CC(C)C(=O)N1CCC(O)(c2ccccc2)CC1.CC(C)C(=O)N1CCC(O)CC1.CC(C)C(=O)N1CCN(C)CC1.CCCCCC(=O)N1CCCCC1.CN1CCN(C(=O)Cc2ccccc2)CC1.NC(=O)Cc1ccccc1.O=C(Cc1ccccc1)N1CCC(O)(c2ccccc2)CC1.O=C(Cc1ccccc1)N1CCCCC1. The van der Waals surface area contributed by atoms with Gasteiger partial charge in [-0.25, -0.2) is 0 Å². The maximum absolute atomic E-state index is 12.4. The highest BCUT2D eigenvalue weighted by molar-refractivity contribution is 5.82. The minimum atomic E-state index is -0.801. The summed E-state index contributed by atoms with van der Waals surface area (Å²) in [5.74, 6) is 2.03. The molecule has 7 heterocycles. The quantitative estimate of drug-likeness (QED) is 0.0583. The van der Waals surface area contributed by atoms with Crippen LogP contribution in [0.25, 0.3) is 0 Å². The maximum Gasteiger partial charge on any atom is 0.227 e. The highest BCUT2D eigenvalue weighted by atomic mass is 16.3. The van der Waals surface area contributed by atoms with E-state index < -0.39 is 11.2 Å². The van der Waals surface area contributed by atoms with E-state index in [-0.39, 0.29) is 71.1 Å². The van der Waals surface area contributed by atoms with Gasteiger partial charge in [-0.05, 0) is 131 Å². The molecule has 0 aliphatic carbocycles. The van der Waals surface area contributed by atoms with E-state index in [1.165, 1.54) is 51.4 Å². The first-order valence-corrected chi connectivity index (χ1v) is 46.5. The number of nitrogens with zero attached hydrogens (tertiary/aromatic N) is 10. The van der Waals surface area contributed by atoms with Crippen LogP contribution in [-0.2, 0) is 80.0 Å². The molecule has 0 aromatic heterocycles. The fraction of sp³-hybridized carbons (Fsp3) is 0.563. The second-order valence-corrected chi connectivity index (χ2v) is 35.7. The number of piperidine rings is 5. The Labute approximate surface area is 755 Å². The number of nitrogens with two attached hydrogens (primary N) is 1. The molecular formula is C103H155N11O12. The summed E-state index contributed by atoms with van der Waals surface area (Å²) in [7, 11) is 7.72. The topological polar surface area (TPSA) is 273 Å². The van der Waals surface area contributed by atoms with Crippen LogP contribution in [0.5, 0.6) is 0 Å². The van der Waals surface area contributed by atoms with Crippen LogP contribution in [0.1, 0.15) is 198 Å². The number of likely N-dealkylation sites (N-methyl/N-ethyl adjacent to an activating group) is 2. The van der Waals surface area contributed by atoms with Crippen LogP contribution in [0.2, 0.25) is 0 Å². The van der Waals surface area contributed by atoms with E-state index in [4.69, 9.17) is 5.73 Å². The van der Waals surface area contributed by atoms with Gasteiger partial charge in [-0.2, -0.15) is 0 Å². The van der Waals surface area contributed by atoms with Crippen LogP contribution >= 0.6 is 0 Å². The molecule has 126 heavy (non-hydrogen) atoms. The molecule has 0 radical (unpaired) electrons. The summed E-state index contributed by atoms with van der Waals surface area (Å²) >= 11 is 0. The molecule has 23 heteroatoms. The Hall–Kier alpha value is -9.65. The van der Waals surface area contributed by atoms with E-state index in [0.29, 0.717) is 89.4 Å². The number of hydrogen-bond acceptors (Lipinski definition) is 14. The highest BCUT2D eigenvalue weighted by Gasteiger charge is 2.37. The Kier molecular flexibility index (Phi) is 49.8. The second kappa shape index (κ2) is 58.7. The van der Waals surface area contributed by atoms with E-state index in [1.54, 1.807) is 19.0 Å². The van der Waals surface area contributed by atoms with Crippen molar-refractivity contribution >= 4 is 53.2 Å². The van der Waals surface area contributed by atoms with Crippen LogP contribution in [0.4, 0.5) is 0 Å². The smallest absolute Gasteiger partial charge is 0.227 e. The number of benzene rings is 6. The van der Waals surface area contributed by atoms with E-state index >= 15 is 0 Å². The van der Waals surface area contributed by atoms with E-state index in [2.05, 4.69) is 30.8 Å². The molecule has 23 nitrogen and oxygen atoms in total. The molecule has 0 spiro atoms. The normalized spacial score (nSPS) is 16.9. The molecule has 0 saturated carbocycles. The van der Waals surface area contributed by atoms with Gasteiger partial charge in [0.2, 0.25) is 53.2 Å². The lowest BCUT2D eigenvalue weighted by Gasteiger charge is -2.39. The molecule has 7 fully saturated rings. The molecule has 13 rings (SSSR count). The molecule has 0 atom stereocenters. The Morgan fingerprint density at radius 2 is 0.619 bits per heavy atom. The van der Waals surface area contributed by atoms with Gasteiger partial charge in [-0.1, -0.05) is 257 Å². The van der Waals surface area contributed by atoms with Crippen molar-refractivity contribution in [1.29, 1.82) is 0 Å². The van der Waals surface area contributed by atoms with Crippen LogP contribution in [0.15, 0.2) is 182 Å². The standard InChI is InChI=1S/C19H21NO2.C15H21NO2.C13H18N2O.C13H17NO.C11H21NO.C9H18N2O.C9H17NO2.C8H9NO.C6H13NO/c21-18(15-16-7-3-1-4-8-16)20-13-11-19(22,12-14-20)17-9-5-2-6-10-17;1-12(2)14(17)16-10-8-15(18,9-11-16)13-6-4-3-5-7-13;1-14-7-9-15(10-8-14)13(16)11-12-5-3-2-4-6-12;15-13(14-9-5-2-6-10-14)11-12-7-3-1-4-8-12;1-2-3-5-8-11(13)12-9-6-4-7-10-12;1-8(2)9(12)11-6-4-10(3)5-7-11;1-7(2)9(12)10-5-3-8(11)4-6-10;9-8(10)6-7-4-2-1-3-5-7;1-5(2)6(8)7(3)4/h1-10,22H,11-15H2;3-7,12,18H,8-11H2,1-2H3;2-6H,7-11H2,1H3;1,3-4,7-8H,2,5-6,9-11H2;2-10H2,1H3;8H,4-7H2,1-3H3;7-8,11H,3-6H2,1-2H3;1-5H,6H2,(H2,9,10);5H,1-4H3. The first-order chi connectivity index (χ1) is 60.2. The monoisotopic (exact) mass is 1740 g/mol. The van der Waals surface area contributed by atoms with Gasteiger partial charge >= 0.3 is 0 Å². The fourth-order valence-electron chi connectivity index (χ4n) is 15.5. The predicted octanol–water partition coefficient (Wildman–Crippen LogP) is 13.2. The molecule has 6 aromatic carbocycles. The summed E-state index contributed by atoms with van der Waals surface area (Å²) in [5, 5.41) is 30.6. The van der Waals surface area contributed by atoms with Crippen molar-refractivity contribution in [2.24, 2.45) is 29.4 Å². The zero-order chi connectivity index (χ0) is 92.4. The zero-order valence-corrected chi connectivity index (χ0v) is 78.6. The molecular weight excluding hydrogens is 1580 g/mol. The van der Waals surface area contributed by atoms with Crippen LogP contribution in [0, 0.1) is 23.7 Å². The van der Waals surface area contributed by atoms with Gasteiger partial charge in [-0.3, -0.25) is 43.2 Å². The largest absolute Gasteiger partial charge is 0.393 e. The third-order valence-corrected chi connectivity index (χ3v) is 23.6. The molecule has 5 N–H and O–H groups in total. The van der Waals surface area contributed by atoms with Crippen LogP contribution in [0.3, 0.4) is 0 Å². The molecule has 7 saturated heterocycles. The van der Waals surface area contributed by atoms with Crippen molar-refractivity contribution in [2.75, 3.05) is 146 Å². The number of likely N-dealkylation sites (tertiary alicyclic amines) is 5. The number of hydrogen-bond donors (Lipinski definition) is 4. The van der Waals surface area contributed by atoms with Crippen molar-refractivity contribution in [3.63, 3.8) is 0 Å². The van der Waals surface area contributed by atoms with Gasteiger partial charge in [0.1, 0.15) is 0 Å². The number of aliphatic hydroxyl groups excluding tert-OH is 1. The van der Waals surface area contributed by atoms with Crippen molar-refractivity contribution in [3.05, 3.63) is 215 Å². The van der Waals surface area contributed by atoms with E-state index in [9.17, 15) is 58.5 Å². The van der Waals surface area contributed by atoms with Crippen LogP contribution in [-0.4, -0.2) is 270 Å². The van der Waals surface area contributed by atoms with Gasteiger partial charge in [0, 0.05) is 162 Å². The van der Waals surface area contributed by atoms with Gasteiger partial charge in [-0.15, -0.1) is 0 Å². The van der Waals surface area contributed by atoms with E-state index in [1.807, 2.05) is 272 Å². The lowest BCUT2D eigenvalue weighted by atomic mass is 9.84. The Morgan fingerprint density at radius 3 is 0.913 bits per heavy atom. The first kappa shape index (κ1) is 107. The fourth-order valence-corrected chi connectivity index (χ4v) is 15.5. The molecule has 6 aromatic rings. The molecule has 9 amide bonds. The summed E-state index contributed by atoms with van der Waals surface area (Å²) in [4.78, 5) is 123. The lowest BCUT2D eigenvalue weighted by Crippen LogP contribution is -2.48. The van der Waals surface area contributed by atoms with Gasteiger partial charge < -0.3 is 70.1 Å². The van der Waals surface area contributed by atoms with Crippen molar-refractivity contribution in [2.45, 2.75) is 208 Å². The maximum atomic E-state index is 12.4. The number of carbonyl (C=O) groups excluding carboxylic acids is 9. The summed E-state index contributed by atoms with van der Waals surface area (Å²) < 4.78 is 0. The van der Waals surface area contributed by atoms with Crippen molar-refractivity contribution in [3.8, 4) is 0 Å². The average Bonchev–Trinajstić information content (AvgIpc) is 0.808. The molecule has 694 valence electrons. The summed E-state index contributed by atoms with van der Waals surface area (Å²) in [6.45, 7) is 32.9. The second-order valence-electron chi connectivity index (χ2n) is 35.7. The van der Waals surface area contributed by atoms with Crippen molar-refractivity contribution in [1.82, 2.24) is 49.0 Å². The minimum Gasteiger partial charge on any atom is -0.393 e. The zero-order valence-electron chi connectivity index (χ0n) is 78.6. The lowest BCUT2D eigenvalue weighted by molar-refractivity contribution is -0.139. The molecule has 0 unspecified atom stereocenters. The number of aliphatic hydroxyl groups is 3.